The Kier molecular flexibility index (Phi) is 2.54. The topological polar surface area (TPSA) is 41.1 Å². The van der Waals surface area contributed by atoms with Crippen molar-refractivity contribution in [1.82, 2.24) is 13.6 Å². The smallest absolute Gasteiger partial charge is 0.186 e. The molecule has 0 saturated carbocycles. The second kappa shape index (κ2) is 3.88. The normalized spacial score (nSPS) is 34.3. The van der Waals surface area contributed by atoms with Gasteiger partial charge in [-0.1, -0.05) is 11.6 Å². The molecule has 0 aliphatic carbocycles. The first-order chi connectivity index (χ1) is 7.33. The minimum atomic E-state index is 0.508. The van der Waals surface area contributed by atoms with Crippen LogP contribution in [0, 0.1) is 5.92 Å². The van der Waals surface area contributed by atoms with E-state index in [1.54, 1.807) is 0 Å². The Balaban J connectivity index is 1.71. The summed E-state index contributed by atoms with van der Waals surface area (Å²) in [5.41, 5.74) is 0. The maximum atomic E-state index is 5.92. The summed E-state index contributed by atoms with van der Waals surface area (Å²) in [6.45, 7) is 3.64. The zero-order valence-electron chi connectivity index (χ0n) is 8.32. The van der Waals surface area contributed by atoms with Crippen molar-refractivity contribution < 1.29 is 0 Å². The van der Waals surface area contributed by atoms with E-state index in [1.165, 1.54) is 37.7 Å². The fraction of sp³-hybridized carbons (Fsp3) is 0.778. The number of hydrogen-bond acceptors (Lipinski definition) is 5. The molecule has 3 fully saturated rings. The van der Waals surface area contributed by atoms with Gasteiger partial charge in [-0.15, -0.1) is 0 Å². The summed E-state index contributed by atoms with van der Waals surface area (Å²) in [5, 5.41) is 3.93. The summed E-state index contributed by atoms with van der Waals surface area (Å²) in [5.74, 6) is 1.55. The second-order valence-electron chi connectivity index (χ2n) is 4.29. The van der Waals surface area contributed by atoms with Gasteiger partial charge in [-0.05, 0) is 31.8 Å². The summed E-state index contributed by atoms with van der Waals surface area (Å²) < 4.78 is 8.13. The van der Waals surface area contributed by atoms with Gasteiger partial charge in [-0.3, -0.25) is 0 Å². The molecule has 4 nitrogen and oxygen atoms in total. The summed E-state index contributed by atoms with van der Waals surface area (Å²) in [7, 11) is 0. The average molecular weight is 245 g/mol. The fourth-order valence-corrected chi connectivity index (χ4v) is 3.23. The van der Waals surface area contributed by atoms with Crippen molar-refractivity contribution in [1.29, 1.82) is 0 Å². The number of nitrogens with one attached hydrogen (secondary N) is 1. The van der Waals surface area contributed by atoms with Crippen LogP contribution >= 0.6 is 23.3 Å². The fourth-order valence-electron chi connectivity index (χ4n) is 2.57. The third-order valence-electron chi connectivity index (χ3n) is 3.43. The highest BCUT2D eigenvalue weighted by Gasteiger charge is 2.34. The van der Waals surface area contributed by atoms with E-state index in [1.807, 2.05) is 0 Å². The Labute approximate surface area is 97.9 Å². The van der Waals surface area contributed by atoms with Crippen LogP contribution in [0.3, 0.4) is 0 Å². The molecular weight excluding hydrogens is 232 g/mol. The molecule has 2 bridgehead atoms. The number of aromatic nitrogens is 2. The van der Waals surface area contributed by atoms with Gasteiger partial charge in [-0.2, -0.15) is 8.75 Å². The molecule has 1 unspecified atom stereocenters. The number of piperidine rings is 3. The van der Waals surface area contributed by atoms with E-state index in [-0.39, 0.29) is 0 Å². The lowest BCUT2D eigenvalue weighted by atomic mass is 9.84. The predicted octanol–water partition coefficient (Wildman–Crippen LogP) is 1.70. The molecule has 0 radical (unpaired) electrons. The monoisotopic (exact) mass is 244 g/mol. The number of fused-ring (bicyclic) bond motifs is 3. The Morgan fingerprint density at radius 3 is 2.67 bits per heavy atom. The van der Waals surface area contributed by atoms with Gasteiger partial charge < -0.3 is 10.2 Å². The third-order valence-corrected chi connectivity index (χ3v) is 4.32. The van der Waals surface area contributed by atoms with Gasteiger partial charge in [0.25, 0.3) is 0 Å². The molecular formula is C9H13ClN4S. The van der Waals surface area contributed by atoms with Crippen LogP contribution in [0.5, 0.6) is 0 Å². The zero-order chi connectivity index (χ0) is 10.3. The standard InChI is InChI=1S/C9H13ClN4S/c10-8-9(13-15-12-8)11-7-5-14-3-1-6(7)2-4-14/h6-7H,1-5H2,(H,11,13). The number of anilines is 1. The van der Waals surface area contributed by atoms with Crippen LogP contribution in [0.2, 0.25) is 5.15 Å². The summed E-state index contributed by atoms with van der Waals surface area (Å²) in [6.07, 6.45) is 2.60. The summed E-state index contributed by atoms with van der Waals surface area (Å²) in [6, 6.07) is 0.508. The summed E-state index contributed by atoms with van der Waals surface area (Å²) in [4.78, 5) is 2.51. The Bertz CT molecular complexity index is 348. The SMILES string of the molecule is Clc1nsnc1NC1CN2CCC1CC2. The average Bonchev–Trinajstić information content (AvgIpc) is 2.66. The van der Waals surface area contributed by atoms with Crippen LogP contribution < -0.4 is 5.32 Å². The lowest BCUT2D eigenvalue weighted by Gasteiger charge is -2.44. The Hall–Kier alpha value is -0.390. The van der Waals surface area contributed by atoms with Crippen LogP contribution in [-0.2, 0) is 0 Å². The first-order valence-corrected chi connectivity index (χ1v) is 6.41. The maximum Gasteiger partial charge on any atom is 0.186 e. The molecule has 1 N–H and O–H groups in total. The molecule has 3 aliphatic rings. The lowest BCUT2D eigenvalue weighted by molar-refractivity contribution is 0.0974. The highest BCUT2D eigenvalue weighted by molar-refractivity contribution is 6.99. The summed E-state index contributed by atoms with van der Waals surface area (Å²) >= 11 is 7.09. The molecule has 1 aromatic rings. The Morgan fingerprint density at radius 2 is 2.13 bits per heavy atom. The molecule has 0 spiro atoms. The molecule has 1 atom stereocenters. The molecule has 4 rings (SSSR count). The van der Waals surface area contributed by atoms with E-state index >= 15 is 0 Å². The Morgan fingerprint density at radius 1 is 1.33 bits per heavy atom. The van der Waals surface area contributed by atoms with E-state index in [0.717, 1.165) is 18.3 Å². The molecule has 82 valence electrons. The zero-order valence-corrected chi connectivity index (χ0v) is 9.89. The molecule has 0 aromatic carbocycles. The third kappa shape index (κ3) is 1.84. The lowest BCUT2D eigenvalue weighted by Crippen LogP contribution is -2.53. The molecule has 0 amide bonds. The molecule has 6 heteroatoms. The maximum absolute atomic E-state index is 5.92. The first-order valence-electron chi connectivity index (χ1n) is 5.30. The molecule has 3 aliphatic heterocycles. The van der Waals surface area contributed by atoms with Crippen molar-refractivity contribution >= 4 is 29.1 Å². The van der Waals surface area contributed by atoms with Gasteiger partial charge in [0.05, 0.1) is 11.7 Å². The predicted molar refractivity (Wildman–Crippen MR) is 61.5 cm³/mol. The van der Waals surface area contributed by atoms with Crippen molar-refractivity contribution in [2.24, 2.45) is 5.92 Å². The van der Waals surface area contributed by atoms with E-state index in [4.69, 9.17) is 11.6 Å². The van der Waals surface area contributed by atoms with Gasteiger partial charge in [0.2, 0.25) is 0 Å². The molecule has 4 heterocycles. The quantitative estimate of drug-likeness (QED) is 0.860. The highest BCUT2D eigenvalue weighted by Crippen LogP contribution is 2.30. The largest absolute Gasteiger partial charge is 0.362 e. The van der Waals surface area contributed by atoms with Gasteiger partial charge >= 0.3 is 0 Å². The second-order valence-corrected chi connectivity index (χ2v) is 5.18. The highest BCUT2D eigenvalue weighted by atomic mass is 35.5. The molecule has 1 aromatic heterocycles. The van der Waals surface area contributed by atoms with E-state index in [9.17, 15) is 0 Å². The van der Waals surface area contributed by atoms with Crippen molar-refractivity contribution in [3.05, 3.63) is 5.15 Å². The van der Waals surface area contributed by atoms with Gasteiger partial charge in [0.15, 0.2) is 11.0 Å². The van der Waals surface area contributed by atoms with Gasteiger partial charge in [0, 0.05) is 12.6 Å². The van der Waals surface area contributed by atoms with Crippen LogP contribution in [0.25, 0.3) is 0 Å². The first kappa shape index (κ1) is 9.81. The molecule has 3 saturated heterocycles. The van der Waals surface area contributed by atoms with Gasteiger partial charge in [0.1, 0.15) is 0 Å². The van der Waals surface area contributed by atoms with Crippen LogP contribution in [0.15, 0.2) is 0 Å². The van der Waals surface area contributed by atoms with E-state index in [2.05, 4.69) is 19.0 Å². The number of halogens is 1. The minimum absolute atomic E-state index is 0.508. The van der Waals surface area contributed by atoms with Crippen molar-refractivity contribution in [3.63, 3.8) is 0 Å². The van der Waals surface area contributed by atoms with Crippen LogP contribution in [0.1, 0.15) is 12.8 Å². The van der Waals surface area contributed by atoms with Crippen molar-refractivity contribution in [3.8, 4) is 0 Å². The number of rotatable bonds is 2. The van der Waals surface area contributed by atoms with E-state index in [0.29, 0.717) is 11.2 Å². The van der Waals surface area contributed by atoms with Crippen LogP contribution in [-0.4, -0.2) is 39.3 Å². The van der Waals surface area contributed by atoms with Gasteiger partial charge in [-0.25, -0.2) is 0 Å². The molecule has 15 heavy (non-hydrogen) atoms. The number of nitrogens with zero attached hydrogens (tertiary/aromatic N) is 3. The van der Waals surface area contributed by atoms with Crippen LogP contribution in [0.4, 0.5) is 5.82 Å². The van der Waals surface area contributed by atoms with Crippen molar-refractivity contribution in [2.45, 2.75) is 18.9 Å². The number of hydrogen-bond donors (Lipinski definition) is 1. The minimum Gasteiger partial charge on any atom is -0.362 e. The van der Waals surface area contributed by atoms with Crippen molar-refractivity contribution in [2.75, 3.05) is 25.0 Å². The van der Waals surface area contributed by atoms with E-state index < -0.39 is 0 Å².